The van der Waals surface area contributed by atoms with Crippen LogP contribution < -0.4 is 5.32 Å². The van der Waals surface area contributed by atoms with Gasteiger partial charge < -0.3 is 5.32 Å². The van der Waals surface area contributed by atoms with Gasteiger partial charge in [-0.3, -0.25) is 19.3 Å². The SMILES string of the molecule is CSCCC(C(=O)Nc1nc2ccccc2s1)N1C(=O)c2ccccc2C1=O. The molecule has 3 amide bonds. The Morgan fingerprint density at radius 1 is 1.11 bits per heavy atom. The molecule has 0 fully saturated rings. The predicted molar refractivity (Wildman–Crippen MR) is 112 cm³/mol. The largest absolute Gasteiger partial charge is 0.300 e. The van der Waals surface area contributed by atoms with Crippen molar-refractivity contribution in [3.8, 4) is 0 Å². The van der Waals surface area contributed by atoms with Crippen LogP contribution in [0, 0.1) is 0 Å². The van der Waals surface area contributed by atoms with Crippen LogP contribution >= 0.6 is 23.1 Å². The fourth-order valence-corrected chi connectivity index (χ4v) is 4.54. The van der Waals surface area contributed by atoms with Crippen molar-refractivity contribution in [2.75, 3.05) is 17.3 Å². The molecule has 8 heteroatoms. The Hall–Kier alpha value is -2.71. The number of carbonyl (C=O) groups is 3. The first-order chi connectivity index (χ1) is 13.6. The van der Waals surface area contributed by atoms with Crippen LogP contribution in [0.3, 0.4) is 0 Å². The lowest BCUT2D eigenvalue weighted by Gasteiger charge is -2.24. The number of carbonyl (C=O) groups excluding carboxylic acids is 3. The van der Waals surface area contributed by atoms with E-state index in [-0.39, 0.29) is 0 Å². The van der Waals surface area contributed by atoms with Gasteiger partial charge in [0.25, 0.3) is 11.8 Å². The van der Waals surface area contributed by atoms with E-state index in [1.807, 2.05) is 30.5 Å². The topological polar surface area (TPSA) is 79.4 Å². The lowest BCUT2D eigenvalue weighted by atomic mass is 10.1. The molecule has 1 aromatic heterocycles. The van der Waals surface area contributed by atoms with Crippen molar-refractivity contribution in [3.63, 3.8) is 0 Å². The molecule has 1 unspecified atom stereocenters. The number of amides is 3. The minimum Gasteiger partial charge on any atom is -0.300 e. The van der Waals surface area contributed by atoms with Gasteiger partial charge in [-0.05, 0) is 42.7 Å². The summed E-state index contributed by atoms with van der Waals surface area (Å²) in [6.07, 6.45) is 2.30. The number of hydrogen-bond donors (Lipinski definition) is 1. The van der Waals surface area contributed by atoms with Crippen LogP contribution in [-0.4, -0.2) is 45.7 Å². The van der Waals surface area contributed by atoms with Gasteiger partial charge in [0.05, 0.1) is 21.3 Å². The number of nitrogens with zero attached hydrogens (tertiary/aromatic N) is 2. The Kier molecular flexibility index (Phi) is 5.15. The molecule has 0 bridgehead atoms. The zero-order valence-electron chi connectivity index (χ0n) is 15.0. The third-order valence-electron chi connectivity index (χ3n) is 4.56. The molecular formula is C20H17N3O3S2. The highest BCUT2D eigenvalue weighted by atomic mass is 32.2. The number of hydrogen-bond acceptors (Lipinski definition) is 6. The van der Waals surface area contributed by atoms with Crippen LogP contribution in [0.5, 0.6) is 0 Å². The molecular weight excluding hydrogens is 394 g/mol. The first-order valence-corrected chi connectivity index (χ1v) is 10.9. The third kappa shape index (κ3) is 3.29. The third-order valence-corrected chi connectivity index (χ3v) is 6.16. The monoisotopic (exact) mass is 411 g/mol. The molecule has 1 aliphatic rings. The highest BCUT2D eigenvalue weighted by Gasteiger charge is 2.42. The van der Waals surface area contributed by atoms with Crippen molar-refractivity contribution in [1.29, 1.82) is 0 Å². The molecule has 0 saturated carbocycles. The predicted octanol–water partition coefficient (Wildman–Crippen LogP) is 3.65. The molecule has 1 N–H and O–H groups in total. The standard InChI is InChI=1S/C20H17N3O3S2/c1-27-11-10-15(23-18(25)12-6-2-3-7-13(12)19(23)26)17(24)22-20-21-14-8-4-5-9-16(14)28-20/h2-9,15H,10-11H2,1H3,(H,21,22,24). The minimum absolute atomic E-state index is 0.342. The number of para-hydroxylation sites is 1. The maximum absolute atomic E-state index is 13.0. The van der Waals surface area contributed by atoms with Crippen LogP contribution in [0.4, 0.5) is 5.13 Å². The lowest BCUT2D eigenvalue weighted by molar-refractivity contribution is -0.120. The van der Waals surface area contributed by atoms with Gasteiger partial charge in [0.1, 0.15) is 6.04 Å². The van der Waals surface area contributed by atoms with Crippen LogP contribution in [0.15, 0.2) is 48.5 Å². The summed E-state index contributed by atoms with van der Waals surface area (Å²) in [6.45, 7) is 0. The summed E-state index contributed by atoms with van der Waals surface area (Å²) in [5.74, 6) is -0.606. The maximum Gasteiger partial charge on any atom is 0.262 e. The molecule has 2 aromatic carbocycles. The van der Waals surface area contributed by atoms with E-state index in [1.165, 1.54) is 11.3 Å². The molecule has 0 aliphatic carbocycles. The van der Waals surface area contributed by atoms with Crippen molar-refractivity contribution < 1.29 is 14.4 Å². The van der Waals surface area contributed by atoms with Crippen LogP contribution in [-0.2, 0) is 4.79 Å². The normalized spacial score (nSPS) is 14.4. The van der Waals surface area contributed by atoms with Gasteiger partial charge >= 0.3 is 0 Å². The average molecular weight is 412 g/mol. The van der Waals surface area contributed by atoms with E-state index in [0.29, 0.717) is 28.4 Å². The Morgan fingerprint density at radius 3 is 2.39 bits per heavy atom. The summed E-state index contributed by atoms with van der Waals surface area (Å²) in [5, 5.41) is 3.25. The number of imide groups is 1. The zero-order valence-corrected chi connectivity index (χ0v) is 16.7. The summed E-state index contributed by atoms with van der Waals surface area (Å²) in [6, 6.07) is 13.4. The summed E-state index contributed by atoms with van der Waals surface area (Å²) in [7, 11) is 0. The summed E-state index contributed by atoms with van der Waals surface area (Å²) < 4.78 is 0.958. The molecule has 1 atom stereocenters. The molecule has 3 aromatic rings. The zero-order chi connectivity index (χ0) is 19.7. The number of anilines is 1. The van der Waals surface area contributed by atoms with Crippen LogP contribution in [0.2, 0.25) is 0 Å². The van der Waals surface area contributed by atoms with Gasteiger partial charge in [0, 0.05) is 0 Å². The molecule has 1 aliphatic heterocycles. The van der Waals surface area contributed by atoms with E-state index in [4.69, 9.17) is 0 Å². The Bertz CT molecular complexity index is 1010. The van der Waals surface area contributed by atoms with E-state index in [9.17, 15) is 14.4 Å². The number of aromatic nitrogens is 1. The second kappa shape index (κ2) is 7.73. The van der Waals surface area contributed by atoms with E-state index in [2.05, 4.69) is 10.3 Å². The number of fused-ring (bicyclic) bond motifs is 2. The molecule has 142 valence electrons. The molecule has 6 nitrogen and oxygen atoms in total. The van der Waals surface area contributed by atoms with Crippen molar-refractivity contribution in [3.05, 3.63) is 59.7 Å². The maximum atomic E-state index is 13.0. The summed E-state index contributed by atoms with van der Waals surface area (Å²) in [5.41, 5.74) is 1.48. The van der Waals surface area contributed by atoms with Gasteiger partial charge in [-0.15, -0.1) is 0 Å². The second-order valence-electron chi connectivity index (χ2n) is 6.30. The van der Waals surface area contributed by atoms with Gasteiger partial charge in [-0.1, -0.05) is 35.6 Å². The fourth-order valence-electron chi connectivity index (χ4n) is 3.21. The van der Waals surface area contributed by atoms with E-state index >= 15 is 0 Å². The van der Waals surface area contributed by atoms with E-state index < -0.39 is 23.8 Å². The van der Waals surface area contributed by atoms with Gasteiger partial charge in [-0.2, -0.15) is 11.8 Å². The van der Waals surface area contributed by atoms with Gasteiger partial charge in [-0.25, -0.2) is 4.98 Å². The Balaban J connectivity index is 1.61. The average Bonchev–Trinajstić information content (AvgIpc) is 3.22. The number of thiazole rings is 1. The van der Waals surface area contributed by atoms with Gasteiger partial charge in [0.2, 0.25) is 5.91 Å². The van der Waals surface area contributed by atoms with Gasteiger partial charge in [0.15, 0.2) is 5.13 Å². The van der Waals surface area contributed by atoms with E-state index in [1.54, 1.807) is 36.0 Å². The number of nitrogens with one attached hydrogen (secondary N) is 1. The van der Waals surface area contributed by atoms with Crippen molar-refractivity contribution >= 4 is 56.2 Å². The Morgan fingerprint density at radius 2 is 1.75 bits per heavy atom. The van der Waals surface area contributed by atoms with Crippen LogP contribution in [0.1, 0.15) is 27.1 Å². The van der Waals surface area contributed by atoms with Crippen molar-refractivity contribution in [2.45, 2.75) is 12.5 Å². The summed E-state index contributed by atoms with van der Waals surface area (Å²) in [4.78, 5) is 44.2. The minimum atomic E-state index is -0.883. The first-order valence-electron chi connectivity index (χ1n) is 8.72. The molecule has 0 radical (unpaired) electrons. The molecule has 2 heterocycles. The number of thioether (sulfide) groups is 1. The lowest BCUT2D eigenvalue weighted by Crippen LogP contribution is -2.47. The van der Waals surface area contributed by atoms with Crippen molar-refractivity contribution in [2.24, 2.45) is 0 Å². The molecule has 4 rings (SSSR count). The van der Waals surface area contributed by atoms with Crippen LogP contribution in [0.25, 0.3) is 10.2 Å². The molecule has 0 saturated heterocycles. The molecule has 0 spiro atoms. The smallest absolute Gasteiger partial charge is 0.262 e. The first kappa shape index (κ1) is 18.6. The van der Waals surface area contributed by atoms with Crippen molar-refractivity contribution in [1.82, 2.24) is 9.88 Å². The second-order valence-corrected chi connectivity index (χ2v) is 8.32. The molecule has 28 heavy (non-hydrogen) atoms. The number of benzene rings is 2. The fraction of sp³-hybridized carbons (Fsp3) is 0.200. The highest BCUT2D eigenvalue weighted by Crippen LogP contribution is 2.29. The quantitative estimate of drug-likeness (QED) is 0.627. The Labute approximate surface area is 169 Å². The highest BCUT2D eigenvalue weighted by molar-refractivity contribution is 7.98. The van der Waals surface area contributed by atoms with E-state index in [0.717, 1.165) is 15.1 Å². The number of rotatable bonds is 6. The summed E-state index contributed by atoms with van der Waals surface area (Å²) >= 11 is 2.92.